The third kappa shape index (κ3) is 8.41. The highest BCUT2D eigenvalue weighted by Crippen LogP contribution is 2.04. The molecule has 0 fully saturated rings. The maximum Gasteiger partial charge on any atom is 0.315 e. The summed E-state index contributed by atoms with van der Waals surface area (Å²) in [6.07, 6.45) is 4.35. The second-order valence-corrected chi connectivity index (χ2v) is 6.33. The van der Waals surface area contributed by atoms with Gasteiger partial charge in [-0.15, -0.1) is 12.4 Å². The molecule has 0 saturated heterocycles. The number of carbonyl (C=O) groups excluding carboxylic acids is 2. The minimum absolute atomic E-state index is 0. The lowest BCUT2D eigenvalue weighted by Crippen LogP contribution is -2.50. The Morgan fingerprint density at radius 1 is 1.19 bits per heavy atom. The molecule has 1 aliphatic rings. The predicted octanol–water partition coefficient (Wildman–Crippen LogP) is 2.25. The number of carbonyl (C=O) groups is 2. The van der Waals surface area contributed by atoms with Gasteiger partial charge in [-0.25, -0.2) is 9.18 Å². The van der Waals surface area contributed by atoms with Crippen molar-refractivity contribution in [2.75, 3.05) is 19.6 Å². The summed E-state index contributed by atoms with van der Waals surface area (Å²) < 4.78 is 12.9. The van der Waals surface area contributed by atoms with Gasteiger partial charge in [0, 0.05) is 19.6 Å². The van der Waals surface area contributed by atoms with Crippen molar-refractivity contribution in [1.29, 1.82) is 0 Å². The van der Waals surface area contributed by atoms with Gasteiger partial charge < -0.3 is 21.3 Å². The average Bonchev–Trinajstić information content (AvgIpc) is 2.66. The molecule has 1 heterocycles. The number of amides is 3. The Labute approximate surface area is 165 Å². The van der Waals surface area contributed by atoms with Gasteiger partial charge in [0.15, 0.2) is 0 Å². The largest absolute Gasteiger partial charge is 0.351 e. The SMILES string of the molecule is CCCC(NC(=O)NCc1ccc(F)cc1)C(=O)NCC1=CCNCC1.Cl. The molecule has 27 heavy (non-hydrogen) atoms. The van der Waals surface area contributed by atoms with Crippen molar-refractivity contribution in [2.45, 2.75) is 38.8 Å². The fourth-order valence-electron chi connectivity index (χ4n) is 2.71. The maximum absolute atomic E-state index is 12.9. The minimum atomic E-state index is -0.574. The molecule has 2 rings (SSSR count). The lowest BCUT2D eigenvalue weighted by Gasteiger charge is -2.20. The van der Waals surface area contributed by atoms with E-state index in [-0.39, 0.29) is 30.7 Å². The Bertz CT molecular complexity index is 637. The molecular formula is C19H28ClFN4O2. The lowest BCUT2D eigenvalue weighted by atomic mass is 10.1. The van der Waals surface area contributed by atoms with Crippen molar-refractivity contribution in [3.8, 4) is 0 Å². The van der Waals surface area contributed by atoms with E-state index < -0.39 is 12.1 Å². The minimum Gasteiger partial charge on any atom is -0.351 e. The van der Waals surface area contributed by atoms with Gasteiger partial charge >= 0.3 is 6.03 Å². The monoisotopic (exact) mass is 398 g/mol. The molecular weight excluding hydrogens is 371 g/mol. The molecule has 1 unspecified atom stereocenters. The van der Waals surface area contributed by atoms with E-state index >= 15 is 0 Å². The number of urea groups is 1. The van der Waals surface area contributed by atoms with Crippen LogP contribution in [0.3, 0.4) is 0 Å². The summed E-state index contributed by atoms with van der Waals surface area (Å²) in [5.74, 6) is -0.495. The maximum atomic E-state index is 12.9. The predicted molar refractivity (Wildman–Crippen MR) is 106 cm³/mol. The summed E-state index contributed by atoms with van der Waals surface area (Å²) in [7, 11) is 0. The van der Waals surface area contributed by atoms with Crippen molar-refractivity contribution < 1.29 is 14.0 Å². The van der Waals surface area contributed by atoms with Crippen LogP contribution in [0, 0.1) is 5.82 Å². The van der Waals surface area contributed by atoms with Gasteiger partial charge in [-0.1, -0.05) is 37.1 Å². The number of benzene rings is 1. The zero-order valence-electron chi connectivity index (χ0n) is 15.5. The van der Waals surface area contributed by atoms with Crippen LogP contribution >= 0.6 is 12.4 Å². The van der Waals surface area contributed by atoms with Crippen LogP contribution in [0.2, 0.25) is 0 Å². The van der Waals surface area contributed by atoms with Crippen LogP contribution in [0.5, 0.6) is 0 Å². The highest BCUT2D eigenvalue weighted by molar-refractivity contribution is 5.87. The topological polar surface area (TPSA) is 82.3 Å². The Morgan fingerprint density at radius 3 is 2.56 bits per heavy atom. The Balaban J connectivity index is 0.00000364. The van der Waals surface area contributed by atoms with Crippen molar-refractivity contribution in [1.82, 2.24) is 21.3 Å². The van der Waals surface area contributed by atoms with Crippen molar-refractivity contribution in [2.24, 2.45) is 0 Å². The van der Waals surface area contributed by atoms with Crippen LogP contribution < -0.4 is 21.3 Å². The van der Waals surface area contributed by atoms with Gasteiger partial charge in [0.05, 0.1) is 0 Å². The van der Waals surface area contributed by atoms with Crippen LogP contribution in [-0.4, -0.2) is 37.6 Å². The molecule has 3 amide bonds. The molecule has 0 saturated carbocycles. The molecule has 0 spiro atoms. The summed E-state index contributed by atoms with van der Waals surface area (Å²) in [6.45, 7) is 4.50. The van der Waals surface area contributed by atoms with E-state index in [0.717, 1.165) is 31.5 Å². The summed E-state index contributed by atoms with van der Waals surface area (Å²) in [5, 5.41) is 11.5. The smallest absolute Gasteiger partial charge is 0.315 e. The second-order valence-electron chi connectivity index (χ2n) is 6.33. The molecule has 1 aromatic rings. The van der Waals surface area contributed by atoms with Gasteiger partial charge in [0.1, 0.15) is 11.9 Å². The number of hydrogen-bond donors (Lipinski definition) is 4. The molecule has 4 N–H and O–H groups in total. The highest BCUT2D eigenvalue weighted by Gasteiger charge is 2.20. The molecule has 150 valence electrons. The highest BCUT2D eigenvalue weighted by atomic mass is 35.5. The van der Waals surface area contributed by atoms with Crippen molar-refractivity contribution in [3.63, 3.8) is 0 Å². The first-order valence-electron chi connectivity index (χ1n) is 9.03. The summed E-state index contributed by atoms with van der Waals surface area (Å²) in [4.78, 5) is 24.5. The second kappa shape index (κ2) is 12.3. The zero-order chi connectivity index (χ0) is 18.8. The molecule has 0 aliphatic carbocycles. The van der Waals surface area contributed by atoms with Gasteiger partial charge in [-0.05, 0) is 37.1 Å². The van der Waals surface area contributed by atoms with Crippen LogP contribution in [0.4, 0.5) is 9.18 Å². The number of rotatable bonds is 8. The number of hydrogen-bond acceptors (Lipinski definition) is 3. The molecule has 1 aliphatic heterocycles. The zero-order valence-corrected chi connectivity index (χ0v) is 16.3. The quantitative estimate of drug-likeness (QED) is 0.507. The lowest BCUT2D eigenvalue weighted by molar-refractivity contribution is -0.122. The molecule has 6 nitrogen and oxygen atoms in total. The van der Waals surface area contributed by atoms with Crippen molar-refractivity contribution in [3.05, 3.63) is 47.3 Å². The van der Waals surface area contributed by atoms with Crippen LogP contribution in [-0.2, 0) is 11.3 Å². The Hall–Kier alpha value is -2.12. The van der Waals surface area contributed by atoms with E-state index in [4.69, 9.17) is 0 Å². The number of nitrogens with one attached hydrogen (secondary N) is 4. The van der Waals surface area contributed by atoms with E-state index in [9.17, 15) is 14.0 Å². The Kier molecular flexibility index (Phi) is 10.4. The standard InChI is InChI=1S/C19H27FN4O2.ClH/c1-2-3-17(18(25)22-12-15-8-10-21-11-9-15)24-19(26)23-13-14-4-6-16(20)7-5-14;/h4-8,17,21H,2-3,9-13H2,1H3,(H,22,25)(H2,23,24,26);1H. The fourth-order valence-corrected chi connectivity index (χ4v) is 2.71. The molecule has 0 aromatic heterocycles. The van der Waals surface area contributed by atoms with Gasteiger partial charge in [-0.2, -0.15) is 0 Å². The molecule has 1 atom stereocenters. The number of halogens is 2. The summed E-state index contributed by atoms with van der Waals surface area (Å²) in [5.41, 5.74) is 1.99. The first-order valence-corrected chi connectivity index (χ1v) is 9.03. The van der Waals surface area contributed by atoms with Gasteiger partial charge in [-0.3, -0.25) is 4.79 Å². The van der Waals surface area contributed by atoms with E-state index in [0.29, 0.717) is 13.0 Å². The van der Waals surface area contributed by atoms with Crippen LogP contribution in [0.25, 0.3) is 0 Å². The normalized spacial score (nSPS) is 14.4. The van der Waals surface area contributed by atoms with E-state index in [1.165, 1.54) is 17.7 Å². The van der Waals surface area contributed by atoms with Crippen molar-refractivity contribution >= 4 is 24.3 Å². The van der Waals surface area contributed by atoms with Crippen LogP contribution in [0.1, 0.15) is 31.7 Å². The van der Waals surface area contributed by atoms with E-state index in [2.05, 4.69) is 27.3 Å². The van der Waals surface area contributed by atoms with Gasteiger partial charge in [0.25, 0.3) is 0 Å². The van der Waals surface area contributed by atoms with Gasteiger partial charge in [0.2, 0.25) is 5.91 Å². The van der Waals surface area contributed by atoms with Crippen LogP contribution in [0.15, 0.2) is 35.9 Å². The third-order valence-electron chi connectivity index (χ3n) is 4.21. The molecule has 0 bridgehead atoms. The summed E-state index contributed by atoms with van der Waals surface area (Å²) in [6, 6.07) is 4.92. The fraction of sp³-hybridized carbons (Fsp3) is 0.474. The first kappa shape index (κ1) is 22.9. The first-order chi connectivity index (χ1) is 12.6. The van der Waals surface area contributed by atoms with E-state index in [1.807, 2.05) is 6.92 Å². The molecule has 1 aromatic carbocycles. The molecule has 0 radical (unpaired) electrons. The summed E-state index contributed by atoms with van der Waals surface area (Å²) >= 11 is 0. The Morgan fingerprint density at radius 2 is 1.93 bits per heavy atom. The molecule has 8 heteroatoms. The third-order valence-corrected chi connectivity index (χ3v) is 4.21. The average molecular weight is 399 g/mol. The van der Waals surface area contributed by atoms with E-state index in [1.54, 1.807) is 12.1 Å².